The third-order valence-corrected chi connectivity index (χ3v) is 9.57. The van der Waals surface area contributed by atoms with Crippen molar-refractivity contribution in [2.24, 2.45) is 11.1 Å². The highest BCUT2D eigenvalue weighted by Crippen LogP contribution is 2.42. The lowest BCUT2D eigenvalue weighted by molar-refractivity contribution is -0.150. The molecule has 0 saturated heterocycles. The van der Waals surface area contributed by atoms with Crippen LogP contribution in [0.1, 0.15) is 145 Å². The van der Waals surface area contributed by atoms with Crippen LogP contribution in [-0.4, -0.2) is 86.9 Å². The monoisotopic (exact) mass is 834 g/mol. The van der Waals surface area contributed by atoms with Crippen LogP contribution in [0.2, 0.25) is 0 Å². The molecule has 0 unspecified atom stereocenters. The molecule has 0 spiro atoms. The lowest BCUT2D eigenvalue weighted by Crippen LogP contribution is -2.44. The Hall–Kier alpha value is -5.16. The van der Waals surface area contributed by atoms with E-state index in [0.29, 0.717) is 44.2 Å². The van der Waals surface area contributed by atoms with Crippen LogP contribution in [0, 0.1) is 5.41 Å². The predicted molar refractivity (Wildman–Crippen MR) is 210 cm³/mol. The number of amides is 4. The zero-order chi connectivity index (χ0) is 44.1. The molecule has 326 valence electrons. The Bertz CT molecular complexity index is 1880. The van der Waals surface area contributed by atoms with Gasteiger partial charge in [0, 0.05) is 37.7 Å². The molecule has 2 aliphatic rings. The summed E-state index contributed by atoms with van der Waals surface area (Å²) in [5, 5.41) is 9.83. The highest BCUT2D eigenvalue weighted by molar-refractivity contribution is 6.01. The number of primary amides is 1. The van der Waals surface area contributed by atoms with Crippen LogP contribution >= 0.6 is 0 Å². The van der Waals surface area contributed by atoms with Crippen LogP contribution < -0.4 is 16.4 Å². The van der Waals surface area contributed by atoms with E-state index in [1.54, 1.807) is 55.4 Å². The lowest BCUT2D eigenvalue weighted by Gasteiger charge is -2.30. The Morgan fingerprint density at radius 3 is 2.08 bits per heavy atom. The van der Waals surface area contributed by atoms with Crippen molar-refractivity contribution in [3.8, 4) is 5.69 Å². The van der Waals surface area contributed by atoms with Crippen LogP contribution in [-0.2, 0) is 36.4 Å². The number of esters is 1. The first-order valence-corrected chi connectivity index (χ1v) is 19.9. The van der Waals surface area contributed by atoms with Crippen molar-refractivity contribution in [2.45, 2.75) is 149 Å². The van der Waals surface area contributed by atoms with Crippen LogP contribution in [0.15, 0.2) is 18.2 Å². The predicted octanol–water partition coefficient (Wildman–Crippen LogP) is 7.26. The number of carbonyl (C=O) groups excluding carboxylic acids is 6. The number of Topliss-reactive ketones (excluding diaryl/α,β-unsaturated/α-hetero) is 1. The zero-order valence-electron chi connectivity index (χ0n) is 35.1. The third kappa shape index (κ3) is 13.4. The Balaban J connectivity index is 1.25. The number of alkyl halides is 3. The van der Waals surface area contributed by atoms with Crippen molar-refractivity contribution in [3.63, 3.8) is 0 Å². The number of carbonyl (C=O) groups is 6. The zero-order valence-corrected chi connectivity index (χ0v) is 35.1. The number of anilines is 1. The second-order valence-electron chi connectivity index (χ2n) is 17.9. The Morgan fingerprint density at radius 1 is 0.915 bits per heavy atom. The Labute approximate surface area is 342 Å². The fourth-order valence-corrected chi connectivity index (χ4v) is 6.99. The fraction of sp³-hybridized carbons (Fsp3) is 0.634. The number of ketones is 1. The van der Waals surface area contributed by atoms with E-state index in [1.165, 1.54) is 18.2 Å². The number of aromatic nitrogens is 2. The third-order valence-electron chi connectivity index (χ3n) is 9.57. The average Bonchev–Trinajstić information content (AvgIpc) is 3.47. The van der Waals surface area contributed by atoms with Gasteiger partial charge in [-0.1, -0.05) is 13.8 Å². The minimum atomic E-state index is -4.85. The van der Waals surface area contributed by atoms with E-state index in [9.17, 15) is 41.9 Å². The quantitative estimate of drug-likeness (QED) is 0.104. The largest absolute Gasteiger partial charge is 0.462 e. The van der Waals surface area contributed by atoms with Gasteiger partial charge in [0.25, 0.3) is 5.91 Å². The van der Waals surface area contributed by atoms with Gasteiger partial charge in [-0.05, 0) is 110 Å². The second kappa shape index (κ2) is 18.4. The Kier molecular flexibility index (Phi) is 14.5. The molecule has 2 aliphatic carbocycles. The van der Waals surface area contributed by atoms with Gasteiger partial charge in [-0.25, -0.2) is 19.2 Å². The summed E-state index contributed by atoms with van der Waals surface area (Å²) < 4.78 is 59.6. The molecule has 0 aliphatic heterocycles. The second-order valence-corrected chi connectivity index (χ2v) is 17.9. The molecule has 15 nitrogen and oxygen atoms in total. The smallest absolute Gasteiger partial charge is 0.435 e. The maximum Gasteiger partial charge on any atom is 0.435 e. The van der Waals surface area contributed by atoms with Gasteiger partial charge in [0.15, 0.2) is 11.5 Å². The molecule has 4 N–H and O–H groups in total. The molecular weight excluding hydrogens is 777 g/mol. The summed E-state index contributed by atoms with van der Waals surface area (Å²) in [6.45, 7) is 13.7. The Morgan fingerprint density at radius 2 is 1.53 bits per heavy atom. The van der Waals surface area contributed by atoms with Crippen molar-refractivity contribution in [3.05, 3.63) is 40.7 Å². The number of fused-ring (bicyclic) bond motifs is 1. The molecule has 4 amide bonds. The number of imide groups is 1. The van der Waals surface area contributed by atoms with Crippen molar-refractivity contribution in [1.29, 1.82) is 0 Å². The highest BCUT2D eigenvalue weighted by atomic mass is 19.4. The number of nitrogens with two attached hydrogens (primary N) is 1. The minimum Gasteiger partial charge on any atom is -0.462 e. The first-order valence-electron chi connectivity index (χ1n) is 19.9. The normalized spacial score (nSPS) is 18.0. The fourth-order valence-electron chi connectivity index (χ4n) is 6.99. The molecule has 4 rings (SSSR count). The minimum absolute atomic E-state index is 0.0132. The van der Waals surface area contributed by atoms with Crippen LogP contribution in [0.3, 0.4) is 0 Å². The number of nitrogens with one attached hydrogen (secondary N) is 2. The van der Waals surface area contributed by atoms with Gasteiger partial charge in [0.2, 0.25) is 5.91 Å². The van der Waals surface area contributed by atoms with E-state index in [1.807, 2.05) is 0 Å². The molecule has 0 atom stereocenters. The molecule has 18 heteroatoms. The number of nitrogens with zero attached hydrogens (tertiary/aromatic N) is 3. The van der Waals surface area contributed by atoms with Crippen LogP contribution in [0.25, 0.3) is 5.69 Å². The molecule has 1 saturated carbocycles. The van der Waals surface area contributed by atoms with E-state index in [4.69, 9.17) is 19.9 Å². The maximum absolute atomic E-state index is 14.0. The molecule has 59 heavy (non-hydrogen) atoms. The summed E-state index contributed by atoms with van der Waals surface area (Å²) in [5.41, 5.74) is 2.55. The van der Waals surface area contributed by atoms with Gasteiger partial charge in [-0.3, -0.25) is 19.2 Å². The van der Waals surface area contributed by atoms with E-state index < -0.39 is 63.9 Å². The number of hydrogen-bond donors (Lipinski definition) is 3. The number of unbranched alkanes of at least 4 members (excludes halogenated alkanes) is 1. The summed E-state index contributed by atoms with van der Waals surface area (Å²) in [4.78, 5) is 76.5. The van der Waals surface area contributed by atoms with E-state index in [2.05, 4.69) is 15.7 Å². The molecule has 0 bridgehead atoms. The molecule has 1 heterocycles. The van der Waals surface area contributed by atoms with Gasteiger partial charge >= 0.3 is 24.3 Å². The first-order chi connectivity index (χ1) is 27.2. The van der Waals surface area contributed by atoms with Crippen LogP contribution in [0.4, 0.5) is 28.4 Å². The number of hydrogen-bond acceptors (Lipinski definition) is 11. The molecule has 2 aromatic rings. The first kappa shape index (κ1) is 46.5. The molecule has 1 fully saturated rings. The number of benzene rings is 1. The summed E-state index contributed by atoms with van der Waals surface area (Å²) in [6, 6.07) is 4.18. The van der Waals surface area contributed by atoms with E-state index in [-0.39, 0.29) is 73.8 Å². The topological polar surface area (TPSA) is 201 Å². The van der Waals surface area contributed by atoms with Crippen molar-refractivity contribution in [1.82, 2.24) is 20.0 Å². The molecule has 1 aromatic carbocycles. The van der Waals surface area contributed by atoms with Crippen molar-refractivity contribution in [2.75, 3.05) is 18.4 Å². The van der Waals surface area contributed by atoms with Crippen LogP contribution in [0.5, 0.6) is 0 Å². The number of ether oxygens (including phenoxy) is 3. The molecular formula is C41H57F3N6O9. The summed E-state index contributed by atoms with van der Waals surface area (Å²) >= 11 is 0. The van der Waals surface area contributed by atoms with Gasteiger partial charge in [-0.15, -0.1) is 0 Å². The van der Waals surface area contributed by atoms with Crippen molar-refractivity contribution < 1.29 is 56.1 Å². The van der Waals surface area contributed by atoms with E-state index in [0.717, 1.165) is 9.58 Å². The van der Waals surface area contributed by atoms with Crippen molar-refractivity contribution >= 4 is 41.4 Å². The van der Waals surface area contributed by atoms with Gasteiger partial charge in [0.1, 0.15) is 17.3 Å². The lowest BCUT2D eigenvalue weighted by atomic mass is 9.75. The maximum atomic E-state index is 14.0. The summed E-state index contributed by atoms with van der Waals surface area (Å²) in [7, 11) is 0. The van der Waals surface area contributed by atoms with E-state index >= 15 is 0 Å². The van der Waals surface area contributed by atoms with Gasteiger partial charge in [0.05, 0.1) is 28.9 Å². The average molecular weight is 835 g/mol. The number of halogens is 3. The molecule has 0 radical (unpaired) electrons. The van der Waals surface area contributed by atoms with Gasteiger partial charge < -0.3 is 30.6 Å². The summed E-state index contributed by atoms with van der Waals surface area (Å²) in [5.74, 6) is -2.17. The number of rotatable bonds is 13. The van der Waals surface area contributed by atoms with Gasteiger partial charge in [-0.2, -0.15) is 18.3 Å². The SMILES string of the molecule is CC1(C)CC(=O)c2c(C(F)(F)F)nn(-c3ccc(C(N)=O)c(NC4CCC(OC(=O)CCNC(=O)CCCCN(C(=O)OC(C)(C)C)C(=O)OC(C)(C)C)CC4)c3)c2C1. The summed E-state index contributed by atoms with van der Waals surface area (Å²) in [6.07, 6.45) is -4.02. The standard InChI is InChI=1S/C41H57F3N6O9/c1-38(2,3)58-36(55)49(37(56)59-39(4,5)6)20-10-9-11-31(52)46-19-18-32(53)57-26-15-12-24(13-16-26)47-28-21-25(14-17-27(28)35(45)54)50-29-22-40(7,8)23-30(51)33(29)34(48-50)41(42,43)44/h14,17,21,24,26,47H,9-13,15-16,18-20,22-23H2,1-8H3,(H2,45,54)(H,46,52). The highest BCUT2D eigenvalue weighted by Gasteiger charge is 2.45. The molecule has 1 aromatic heterocycles.